The van der Waals surface area contributed by atoms with Gasteiger partial charge in [-0.05, 0) is 17.9 Å². The summed E-state index contributed by atoms with van der Waals surface area (Å²) in [5.74, 6) is -3.84. The molecule has 3 amide bonds. The second kappa shape index (κ2) is 12.9. The third-order valence-corrected chi connectivity index (χ3v) is 4.86. The van der Waals surface area contributed by atoms with Crippen LogP contribution in [0.4, 0.5) is 0 Å². The van der Waals surface area contributed by atoms with Crippen LogP contribution in [0.3, 0.4) is 0 Å². The van der Waals surface area contributed by atoms with Gasteiger partial charge in [0, 0.05) is 5.75 Å². The molecule has 0 spiro atoms. The first kappa shape index (κ1) is 26.4. The number of carbonyl (C=O) groups is 4. The van der Waals surface area contributed by atoms with Crippen molar-refractivity contribution in [1.29, 1.82) is 0 Å². The number of carboxylic acid groups (broad SMARTS) is 1. The molecule has 0 aliphatic carbocycles. The zero-order valence-electron chi connectivity index (χ0n) is 17.4. The highest BCUT2D eigenvalue weighted by Gasteiger charge is 2.31. The summed E-state index contributed by atoms with van der Waals surface area (Å²) in [4.78, 5) is 48.5. The number of nitrogens with two attached hydrogens (primary N) is 1. The molecule has 0 saturated carbocycles. The minimum Gasteiger partial charge on any atom is -0.480 e. The van der Waals surface area contributed by atoms with Gasteiger partial charge in [-0.2, -0.15) is 12.6 Å². The van der Waals surface area contributed by atoms with Crippen molar-refractivity contribution in [3.8, 4) is 0 Å². The summed E-state index contributed by atoms with van der Waals surface area (Å²) in [5.41, 5.74) is 6.85. The molecule has 0 aromatic heterocycles. The van der Waals surface area contributed by atoms with Crippen molar-refractivity contribution < 1.29 is 29.4 Å². The van der Waals surface area contributed by atoms with E-state index in [9.17, 15) is 19.2 Å². The summed E-state index contributed by atoms with van der Waals surface area (Å²) in [6.07, 6.45) is 0.290. The standard InChI is InChI=1S/C20H30N4O6S/c1-11(2)16(24-17(26)13(21)8-12-6-4-3-5-7-12)19(28)23-15(10-31)18(27)22-14(9-25)20(29)30/h3-7,11,13-16,25,31H,8-10,21H2,1-2H3,(H,22,27)(H,23,28)(H,24,26)(H,29,30). The van der Waals surface area contributed by atoms with Crippen molar-refractivity contribution in [3.63, 3.8) is 0 Å². The Morgan fingerprint density at radius 3 is 2.03 bits per heavy atom. The fourth-order valence-electron chi connectivity index (χ4n) is 2.67. The lowest BCUT2D eigenvalue weighted by molar-refractivity contribution is -0.143. The highest BCUT2D eigenvalue weighted by Crippen LogP contribution is 2.06. The number of amides is 3. The smallest absolute Gasteiger partial charge is 0.328 e. The number of hydrogen-bond donors (Lipinski definition) is 7. The first-order valence-electron chi connectivity index (χ1n) is 9.75. The molecule has 0 aliphatic rings. The van der Waals surface area contributed by atoms with E-state index in [-0.39, 0.29) is 11.7 Å². The molecule has 0 bridgehead atoms. The van der Waals surface area contributed by atoms with Gasteiger partial charge in [-0.15, -0.1) is 0 Å². The van der Waals surface area contributed by atoms with Gasteiger partial charge in [-0.25, -0.2) is 4.79 Å². The van der Waals surface area contributed by atoms with E-state index in [4.69, 9.17) is 15.9 Å². The van der Waals surface area contributed by atoms with Crippen LogP contribution in [0.2, 0.25) is 0 Å². The minimum absolute atomic E-state index is 0.123. The van der Waals surface area contributed by atoms with Gasteiger partial charge < -0.3 is 31.9 Å². The van der Waals surface area contributed by atoms with Crippen LogP contribution in [0.15, 0.2) is 30.3 Å². The van der Waals surface area contributed by atoms with Crippen molar-refractivity contribution in [3.05, 3.63) is 35.9 Å². The zero-order valence-corrected chi connectivity index (χ0v) is 18.3. The molecule has 1 aromatic carbocycles. The normalized spacial score (nSPS) is 14.8. The number of aliphatic hydroxyl groups is 1. The SMILES string of the molecule is CC(C)C(NC(=O)C(N)Cc1ccccc1)C(=O)NC(CS)C(=O)NC(CO)C(=O)O. The Labute approximate surface area is 186 Å². The summed E-state index contributed by atoms with van der Waals surface area (Å²) in [7, 11) is 0. The van der Waals surface area contributed by atoms with Crippen molar-refractivity contribution in [1.82, 2.24) is 16.0 Å². The lowest BCUT2D eigenvalue weighted by Crippen LogP contribution is -2.59. The summed E-state index contributed by atoms with van der Waals surface area (Å²) in [6, 6.07) is 4.67. The van der Waals surface area contributed by atoms with E-state index in [1.165, 1.54) is 0 Å². The van der Waals surface area contributed by atoms with Crippen LogP contribution in [0.1, 0.15) is 19.4 Å². The van der Waals surface area contributed by atoms with Crippen LogP contribution >= 0.6 is 12.6 Å². The largest absolute Gasteiger partial charge is 0.480 e. The van der Waals surface area contributed by atoms with E-state index in [0.29, 0.717) is 6.42 Å². The zero-order chi connectivity index (χ0) is 23.6. The lowest BCUT2D eigenvalue weighted by Gasteiger charge is -2.26. The van der Waals surface area contributed by atoms with E-state index >= 15 is 0 Å². The van der Waals surface area contributed by atoms with E-state index in [2.05, 4.69) is 28.6 Å². The Morgan fingerprint density at radius 2 is 1.55 bits per heavy atom. The van der Waals surface area contributed by atoms with Crippen molar-refractivity contribution in [2.24, 2.45) is 11.7 Å². The topological polar surface area (TPSA) is 171 Å². The molecule has 172 valence electrons. The van der Waals surface area contributed by atoms with Crippen LogP contribution in [0, 0.1) is 5.92 Å². The molecule has 1 rings (SSSR count). The maximum absolute atomic E-state index is 12.7. The fourth-order valence-corrected chi connectivity index (χ4v) is 2.93. The van der Waals surface area contributed by atoms with Crippen LogP contribution in [-0.2, 0) is 25.6 Å². The molecule has 0 saturated heterocycles. The van der Waals surface area contributed by atoms with Crippen LogP contribution in [-0.4, -0.2) is 70.4 Å². The van der Waals surface area contributed by atoms with Crippen molar-refractivity contribution in [2.45, 2.75) is 44.4 Å². The lowest BCUT2D eigenvalue weighted by atomic mass is 10.0. The Balaban J connectivity index is 2.77. The number of carbonyl (C=O) groups excluding carboxylic acids is 3. The highest BCUT2D eigenvalue weighted by atomic mass is 32.1. The van der Waals surface area contributed by atoms with E-state index < -0.39 is 54.5 Å². The van der Waals surface area contributed by atoms with Crippen LogP contribution < -0.4 is 21.7 Å². The summed E-state index contributed by atoms with van der Waals surface area (Å²) in [6.45, 7) is 2.63. The van der Waals surface area contributed by atoms with E-state index in [0.717, 1.165) is 5.56 Å². The average molecular weight is 455 g/mol. The van der Waals surface area contributed by atoms with E-state index in [1.807, 2.05) is 30.3 Å². The molecule has 4 atom stereocenters. The molecule has 10 nitrogen and oxygen atoms in total. The highest BCUT2D eigenvalue weighted by molar-refractivity contribution is 7.80. The number of nitrogens with one attached hydrogen (secondary N) is 3. The number of hydrogen-bond acceptors (Lipinski definition) is 7. The molecule has 31 heavy (non-hydrogen) atoms. The first-order chi connectivity index (χ1) is 14.6. The minimum atomic E-state index is -1.51. The van der Waals surface area contributed by atoms with Gasteiger partial charge in [-0.1, -0.05) is 44.2 Å². The van der Waals surface area contributed by atoms with Gasteiger partial charge in [-0.3, -0.25) is 14.4 Å². The summed E-state index contributed by atoms with van der Waals surface area (Å²) in [5, 5.41) is 25.2. The molecule has 0 heterocycles. The number of rotatable bonds is 12. The Morgan fingerprint density at radius 1 is 0.968 bits per heavy atom. The van der Waals surface area contributed by atoms with Gasteiger partial charge in [0.25, 0.3) is 0 Å². The second-order valence-electron chi connectivity index (χ2n) is 7.35. The molecule has 4 unspecified atom stereocenters. The van der Waals surface area contributed by atoms with Gasteiger partial charge in [0.15, 0.2) is 0 Å². The quantitative estimate of drug-likeness (QED) is 0.192. The molecule has 7 N–H and O–H groups in total. The first-order valence-corrected chi connectivity index (χ1v) is 10.4. The Bertz CT molecular complexity index is 761. The number of benzene rings is 1. The number of aliphatic carboxylic acids is 1. The third-order valence-electron chi connectivity index (χ3n) is 4.49. The molecule has 1 aromatic rings. The monoisotopic (exact) mass is 454 g/mol. The maximum atomic E-state index is 12.7. The molecule has 0 fully saturated rings. The number of carboxylic acids is 1. The van der Waals surface area contributed by atoms with Gasteiger partial charge in [0.1, 0.15) is 18.1 Å². The van der Waals surface area contributed by atoms with Crippen molar-refractivity contribution in [2.75, 3.05) is 12.4 Å². The predicted octanol–water partition coefficient (Wildman–Crippen LogP) is -1.33. The maximum Gasteiger partial charge on any atom is 0.328 e. The van der Waals surface area contributed by atoms with Crippen LogP contribution in [0.5, 0.6) is 0 Å². The number of aliphatic hydroxyl groups excluding tert-OH is 1. The fraction of sp³-hybridized carbons (Fsp3) is 0.500. The van der Waals surface area contributed by atoms with Crippen molar-refractivity contribution >= 4 is 36.3 Å². The molecule has 0 aliphatic heterocycles. The molecular weight excluding hydrogens is 424 g/mol. The summed E-state index contributed by atoms with van der Waals surface area (Å²) < 4.78 is 0. The third kappa shape index (κ3) is 8.56. The second-order valence-corrected chi connectivity index (χ2v) is 7.72. The van der Waals surface area contributed by atoms with Gasteiger partial charge in [0.2, 0.25) is 17.7 Å². The van der Waals surface area contributed by atoms with Gasteiger partial charge >= 0.3 is 5.97 Å². The summed E-state index contributed by atoms with van der Waals surface area (Å²) >= 11 is 4.02. The molecule has 11 heteroatoms. The van der Waals surface area contributed by atoms with Crippen LogP contribution in [0.25, 0.3) is 0 Å². The molecular formula is C20H30N4O6S. The average Bonchev–Trinajstić information content (AvgIpc) is 2.73. The van der Waals surface area contributed by atoms with Gasteiger partial charge in [0.05, 0.1) is 12.6 Å². The molecule has 0 radical (unpaired) electrons. The Kier molecular flexibility index (Phi) is 11.0. The number of thiol groups is 1. The van der Waals surface area contributed by atoms with E-state index in [1.54, 1.807) is 13.8 Å². The predicted molar refractivity (Wildman–Crippen MR) is 117 cm³/mol. The Hall–Kier alpha value is -2.63.